The number of pyridine rings is 1. The molecule has 5 nitrogen and oxygen atoms in total. The van der Waals surface area contributed by atoms with Crippen LogP contribution in [0, 0.1) is 0 Å². The lowest BCUT2D eigenvalue weighted by Gasteiger charge is -2.08. The zero-order chi connectivity index (χ0) is 18.5. The summed E-state index contributed by atoms with van der Waals surface area (Å²) in [4.78, 5) is 15.4. The summed E-state index contributed by atoms with van der Waals surface area (Å²) in [7, 11) is 2.06. The Morgan fingerprint density at radius 2 is 2.07 bits per heavy atom. The van der Waals surface area contributed by atoms with Crippen LogP contribution in [-0.2, 0) is 18.3 Å². The third kappa shape index (κ3) is 4.80. The summed E-state index contributed by atoms with van der Waals surface area (Å²) in [5.41, 5.74) is 6.31. The fourth-order valence-corrected chi connectivity index (χ4v) is 3.61. The zero-order valence-electron chi connectivity index (χ0n) is 15.1. The highest BCUT2D eigenvalue weighted by Gasteiger charge is 2.17. The van der Waals surface area contributed by atoms with Crippen LogP contribution < -0.4 is 5.48 Å². The number of amides is 1. The van der Waals surface area contributed by atoms with Crippen LogP contribution in [0.5, 0.6) is 0 Å². The van der Waals surface area contributed by atoms with Crippen molar-refractivity contribution in [3.8, 4) is 11.3 Å². The molecule has 0 radical (unpaired) electrons. The molecule has 0 aliphatic heterocycles. The fraction of sp³-hybridized carbons (Fsp3) is 0.300. The normalized spacial score (nSPS) is 10.6. The summed E-state index contributed by atoms with van der Waals surface area (Å²) in [5.74, 6) is -0.335. The maximum atomic E-state index is 11.1. The van der Waals surface area contributed by atoms with E-state index in [4.69, 9.17) is 16.8 Å². The minimum absolute atomic E-state index is 0. The molecule has 2 aromatic heterocycles. The molecule has 1 amide bonds. The van der Waals surface area contributed by atoms with Gasteiger partial charge in [-0.15, -0.1) is 12.4 Å². The Balaban J connectivity index is 0.00000261. The van der Waals surface area contributed by atoms with Crippen LogP contribution in [-0.4, -0.2) is 20.7 Å². The number of hydrogen-bond acceptors (Lipinski definition) is 3. The van der Waals surface area contributed by atoms with Crippen molar-refractivity contribution in [2.24, 2.45) is 7.05 Å². The summed E-state index contributed by atoms with van der Waals surface area (Å²) in [6.07, 6.45) is 7.50. The van der Waals surface area contributed by atoms with Crippen LogP contribution in [0.15, 0.2) is 42.7 Å². The Hall–Kier alpha value is -2.08. The molecular weight excluding hydrogens is 385 g/mol. The first-order valence-electron chi connectivity index (χ1n) is 8.72. The number of unbranched alkanes of at least 4 members (excludes halogenated alkanes) is 2. The van der Waals surface area contributed by atoms with E-state index in [0.717, 1.165) is 52.9 Å². The van der Waals surface area contributed by atoms with E-state index < -0.39 is 0 Å². The predicted octanol–water partition coefficient (Wildman–Crippen LogP) is 4.92. The third-order valence-electron chi connectivity index (χ3n) is 4.66. The molecule has 0 aliphatic carbocycles. The monoisotopic (exact) mass is 407 g/mol. The van der Waals surface area contributed by atoms with E-state index in [1.54, 1.807) is 11.7 Å². The summed E-state index contributed by atoms with van der Waals surface area (Å²) < 4.78 is 2.19. The van der Waals surface area contributed by atoms with E-state index in [-0.39, 0.29) is 18.3 Å². The van der Waals surface area contributed by atoms with Crippen LogP contribution >= 0.6 is 24.0 Å². The van der Waals surface area contributed by atoms with Gasteiger partial charge in [-0.25, -0.2) is 5.48 Å². The van der Waals surface area contributed by atoms with Crippen molar-refractivity contribution >= 4 is 40.8 Å². The average Bonchev–Trinajstić information content (AvgIpc) is 2.93. The molecule has 3 aromatic rings. The second-order valence-corrected chi connectivity index (χ2v) is 6.82. The molecule has 0 atom stereocenters. The summed E-state index contributed by atoms with van der Waals surface area (Å²) >= 11 is 6.24. The quantitative estimate of drug-likeness (QED) is 0.331. The van der Waals surface area contributed by atoms with Crippen molar-refractivity contribution in [2.75, 3.05) is 0 Å². The van der Waals surface area contributed by atoms with Crippen LogP contribution in [0.2, 0.25) is 5.02 Å². The van der Waals surface area contributed by atoms with Crippen LogP contribution in [0.4, 0.5) is 0 Å². The minimum atomic E-state index is -0.335. The fourth-order valence-electron chi connectivity index (χ4n) is 3.44. The van der Waals surface area contributed by atoms with E-state index in [0.29, 0.717) is 6.42 Å². The number of nitrogens with one attached hydrogen (secondary N) is 1. The minimum Gasteiger partial charge on any atom is -0.343 e. The Bertz CT molecular complexity index is 910. The molecule has 27 heavy (non-hydrogen) atoms. The van der Waals surface area contributed by atoms with E-state index in [9.17, 15) is 4.79 Å². The van der Waals surface area contributed by atoms with Gasteiger partial charge in [0.25, 0.3) is 0 Å². The predicted molar refractivity (Wildman–Crippen MR) is 111 cm³/mol. The van der Waals surface area contributed by atoms with Gasteiger partial charge < -0.3 is 4.57 Å². The molecule has 1 aromatic carbocycles. The third-order valence-corrected chi connectivity index (χ3v) is 4.89. The summed E-state index contributed by atoms with van der Waals surface area (Å²) in [6, 6.07) is 9.99. The molecule has 144 valence electrons. The number of aromatic nitrogens is 2. The molecule has 0 fully saturated rings. The lowest BCUT2D eigenvalue weighted by Crippen LogP contribution is -2.17. The molecule has 0 bridgehead atoms. The SMILES string of the molecule is Cl.Cn1c(-c2cccnc2)c(CCCCCC(=O)NO)c2cc(Cl)ccc21. The van der Waals surface area contributed by atoms with E-state index in [1.165, 1.54) is 5.56 Å². The van der Waals surface area contributed by atoms with Gasteiger partial charge in [-0.2, -0.15) is 0 Å². The number of carbonyl (C=O) groups excluding carboxylic acids is 1. The van der Waals surface area contributed by atoms with Gasteiger partial charge in [0.05, 0.1) is 5.69 Å². The molecular formula is C20H23Cl2N3O2. The highest BCUT2D eigenvalue weighted by Crippen LogP contribution is 2.35. The van der Waals surface area contributed by atoms with Crippen molar-refractivity contribution in [2.45, 2.75) is 32.1 Å². The number of hydrogen-bond donors (Lipinski definition) is 2. The Morgan fingerprint density at radius 3 is 2.78 bits per heavy atom. The van der Waals surface area contributed by atoms with E-state index in [1.807, 2.05) is 30.5 Å². The second kappa shape index (κ2) is 9.74. The molecule has 0 unspecified atom stereocenters. The Morgan fingerprint density at radius 1 is 1.26 bits per heavy atom. The zero-order valence-corrected chi connectivity index (χ0v) is 16.7. The lowest BCUT2D eigenvalue weighted by molar-refractivity contribution is -0.129. The Labute approximate surface area is 169 Å². The van der Waals surface area contributed by atoms with Crippen molar-refractivity contribution < 1.29 is 10.0 Å². The molecule has 7 heteroatoms. The number of benzene rings is 1. The number of nitrogens with zero attached hydrogens (tertiary/aromatic N) is 2. The highest BCUT2D eigenvalue weighted by molar-refractivity contribution is 6.31. The first-order chi connectivity index (χ1) is 12.6. The van der Waals surface area contributed by atoms with Crippen LogP contribution in [0.3, 0.4) is 0 Å². The van der Waals surface area contributed by atoms with Gasteiger partial charge in [0.2, 0.25) is 5.91 Å². The lowest BCUT2D eigenvalue weighted by atomic mass is 10.00. The molecule has 3 rings (SSSR count). The van der Waals surface area contributed by atoms with Gasteiger partial charge in [-0.05, 0) is 55.2 Å². The van der Waals surface area contributed by atoms with Crippen molar-refractivity contribution in [3.63, 3.8) is 0 Å². The maximum absolute atomic E-state index is 11.1. The smallest absolute Gasteiger partial charge is 0.243 e. The number of rotatable bonds is 7. The van der Waals surface area contributed by atoms with Gasteiger partial charge in [-0.1, -0.05) is 18.0 Å². The average molecular weight is 408 g/mol. The van der Waals surface area contributed by atoms with Gasteiger partial charge >= 0.3 is 0 Å². The largest absolute Gasteiger partial charge is 0.343 e. The number of fused-ring (bicyclic) bond motifs is 1. The topological polar surface area (TPSA) is 67.2 Å². The van der Waals surface area contributed by atoms with Crippen molar-refractivity contribution in [1.29, 1.82) is 0 Å². The second-order valence-electron chi connectivity index (χ2n) is 6.38. The maximum Gasteiger partial charge on any atom is 0.243 e. The number of halogens is 2. The van der Waals surface area contributed by atoms with E-state index >= 15 is 0 Å². The van der Waals surface area contributed by atoms with Gasteiger partial charge in [0.1, 0.15) is 0 Å². The summed E-state index contributed by atoms with van der Waals surface area (Å²) in [5, 5.41) is 10.4. The Kier molecular flexibility index (Phi) is 7.66. The highest BCUT2D eigenvalue weighted by atomic mass is 35.5. The van der Waals surface area contributed by atoms with Gasteiger partial charge in [0.15, 0.2) is 0 Å². The molecule has 0 saturated carbocycles. The van der Waals surface area contributed by atoms with Gasteiger partial charge in [0, 0.05) is 47.4 Å². The molecule has 2 N–H and O–H groups in total. The number of hydroxylamine groups is 1. The number of carbonyl (C=O) groups is 1. The first kappa shape index (κ1) is 21.2. The van der Waals surface area contributed by atoms with Gasteiger partial charge in [-0.3, -0.25) is 15.0 Å². The van der Waals surface area contributed by atoms with E-state index in [2.05, 4.69) is 22.7 Å². The molecule has 0 spiro atoms. The van der Waals surface area contributed by atoms with Crippen LogP contribution in [0.25, 0.3) is 22.2 Å². The summed E-state index contributed by atoms with van der Waals surface area (Å²) in [6.45, 7) is 0. The molecule has 2 heterocycles. The molecule has 0 saturated heterocycles. The number of aryl methyl sites for hydroxylation is 2. The first-order valence-corrected chi connectivity index (χ1v) is 9.09. The van der Waals surface area contributed by atoms with Crippen molar-refractivity contribution in [3.05, 3.63) is 53.3 Å². The van der Waals surface area contributed by atoms with Crippen molar-refractivity contribution in [1.82, 2.24) is 15.0 Å². The standard InChI is InChI=1S/C20H22ClN3O2.ClH/c1-24-18-10-9-15(21)12-17(18)16(7-3-2-4-8-19(25)23-26)20(24)14-6-5-11-22-13-14;/h5-6,9-13,26H,2-4,7-8H2,1H3,(H,23,25);1H. The van der Waals surface area contributed by atoms with Crippen LogP contribution in [0.1, 0.15) is 31.2 Å². The molecule has 0 aliphatic rings.